The molecule has 1 N–H and O–H groups in total. The number of thiophene rings is 1. The van der Waals surface area contributed by atoms with Gasteiger partial charge in [0.05, 0.1) is 0 Å². The molecule has 0 spiro atoms. The Kier molecular flexibility index (Phi) is 1.70. The van der Waals surface area contributed by atoms with Gasteiger partial charge in [0.2, 0.25) is 0 Å². The molecule has 1 unspecified atom stereocenters. The van der Waals surface area contributed by atoms with Gasteiger partial charge in [-0.3, -0.25) is 4.79 Å². The van der Waals surface area contributed by atoms with Gasteiger partial charge in [-0.15, -0.1) is 0 Å². The third-order valence-corrected chi connectivity index (χ3v) is 3.57. The standard InChI is InChI=1S/C12H8O2S/c13-12(14)11-8-4-2-1-3-7(8)9-5-15-6-10(9)11/h1-6,11H,(H,13,14). The molecule has 0 amide bonds. The summed E-state index contributed by atoms with van der Waals surface area (Å²) in [6.45, 7) is 0. The van der Waals surface area contributed by atoms with Crippen LogP contribution in [0.5, 0.6) is 0 Å². The average Bonchev–Trinajstić information content (AvgIpc) is 2.75. The van der Waals surface area contributed by atoms with Gasteiger partial charge in [0.25, 0.3) is 0 Å². The summed E-state index contributed by atoms with van der Waals surface area (Å²) in [5.41, 5.74) is 4.01. The van der Waals surface area contributed by atoms with Gasteiger partial charge in [0.15, 0.2) is 0 Å². The van der Waals surface area contributed by atoms with E-state index in [4.69, 9.17) is 0 Å². The van der Waals surface area contributed by atoms with Crippen LogP contribution in [0, 0.1) is 0 Å². The summed E-state index contributed by atoms with van der Waals surface area (Å²) in [4.78, 5) is 11.2. The van der Waals surface area contributed by atoms with Crippen molar-refractivity contribution in [3.63, 3.8) is 0 Å². The lowest BCUT2D eigenvalue weighted by atomic mass is 9.99. The average molecular weight is 216 g/mol. The molecule has 1 atom stereocenters. The Morgan fingerprint density at radius 2 is 1.93 bits per heavy atom. The Bertz CT molecular complexity index is 542. The van der Waals surface area contributed by atoms with E-state index >= 15 is 0 Å². The predicted molar refractivity (Wildman–Crippen MR) is 59.2 cm³/mol. The van der Waals surface area contributed by atoms with Crippen LogP contribution in [0.2, 0.25) is 0 Å². The number of carbonyl (C=O) groups is 1. The van der Waals surface area contributed by atoms with E-state index in [0.717, 1.165) is 22.3 Å². The molecule has 0 fully saturated rings. The Balaban J connectivity index is 2.33. The first kappa shape index (κ1) is 8.68. The topological polar surface area (TPSA) is 37.3 Å². The van der Waals surface area contributed by atoms with Gasteiger partial charge >= 0.3 is 5.97 Å². The molecule has 0 saturated carbocycles. The Hall–Kier alpha value is -1.61. The molecule has 0 radical (unpaired) electrons. The fraction of sp³-hybridized carbons (Fsp3) is 0.0833. The number of fused-ring (bicyclic) bond motifs is 3. The van der Waals surface area contributed by atoms with Crippen molar-refractivity contribution < 1.29 is 9.90 Å². The van der Waals surface area contributed by atoms with Crippen molar-refractivity contribution >= 4 is 17.3 Å². The van der Waals surface area contributed by atoms with Crippen LogP contribution < -0.4 is 0 Å². The Morgan fingerprint density at radius 1 is 1.13 bits per heavy atom. The van der Waals surface area contributed by atoms with Gasteiger partial charge < -0.3 is 5.11 Å². The van der Waals surface area contributed by atoms with E-state index < -0.39 is 11.9 Å². The number of hydrogen-bond acceptors (Lipinski definition) is 2. The highest BCUT2D eigenvalue weighted by molar-refractivity contribution is 7.08. The van der Waals surface area contributed by atoms with Gasteiger partial charge in [-0.1, -0.05) is 24.3 Å². The molecule has 1 aromatic carbocycles. The highest BCUT2D eigenvalue weighted by Gasteiger charge is 2.33. The van der Waals surface area contributed by atoms with Crippen molar-refractivity contribution in [2.24, 2.45) is 0 Å². The summed E-state index contributed by atoms with van der Waals surface area (Å²) >= 11 is 1.56. The number of carboxylic acids is 1. The van der Waals surface area contributed by atoms with Crippen molar-refractivity contribution in [1.82, 2.24) is 0 Å². The molecule has 3 rings (SSSR count). The fourth-order valence-electron chi connectivity index (χ4n) is 2.18. The zero-order valence-corrected chi connectivity index (χ0v) is 8.62. The molecule has 0 aliphatic heterocycles. The van der Waals surface area contributed by atoms with Crippen molar-refractivity contribution in [2.75, 3.05) is 0 Å². The molecule has 0 bridgehead atoms. The summed E-state index contributed by atoms with van der Waals surface area (Å²) in [5.74, 6) is -1.23. The van der Waals surface area contributed by atoms with Crippen LogP contribution in [-0.4, -0.2) is 11.1 Å². The van der Waals surface area contributed by atoms with Crippen LogP contribution in [0.4, 0.5) is 0 Å². The Morgan fingerprint density at radius 3 is 2.73 bits per heavy atom. The number of hydrogen-bond donors (Lipinski definition) is 1. The van der Waals surface area contributed by atoms with Crippen LogP contribution >= 0.6 is 11.3 Å². The maximum Gasteiger partial charge on any atom is 0.315 e. The quantitative estimate of drug-likeness (QED) is 0.795. The lowest BCUT2D eigenvalue weighted by Gasteiger charge is -2.05. The minimum atomic E-state index is -0.764. The molecule has 2 aromatic rings. The zero-order valence-electron chi connectivity index (χ0n) is 7.81. The first-order valence-electron chi connectivity index (χ1n) is 4.67. The van der Waals surface area contributed by atoms with E-state index in [1.807, 2.05) is 35.0 Å². The van der Waals surface area contributed by atoms with Crippen molar-refractivity contribution in [2.45, 2.75) is 5.92 Å². The summed E-state index contributed by atoms with van der Waals surface area (Å²) in [6.07, 6.45) is 0. The molecular weight excluding hydrogens is 208 g/mol. The van der Waals surface area contributed by atoms with Crippen molar-refractivity contribution in [3.8, 4) is 11.1 Å². The smallest absolute Gasteiger partial charge is 0.315 e. The lowest BCUT2D eigenvalue weighted by Crippen LogP contribution is -2.09. The second-order valence-corrected chi connectivity index (χ2v) is 4.34. The van der Waals surface area contributed by atoms with Crippen molar-refractivity contribution in [3.05, 3.63) is 46.2 Å². The first-order chi connectivity index (χ1) is 7.29. The number of rotatable bonds is 1. The minimum Gasteiger partial charge on any atom is -0.481 e. The first-order valence-corrected chi connectivity index (χ1v) is 5.61. The monoisotopic (exact) mass is 216 g/mol. The molecule has 15 heavy (non-hydrogen) atoms. The van der Waals surface area contributed by atoms with Crippen LogP contribution in [0.3, 0.4) is 0 Å². The van der Waals surface area contributed by atoms with E-state index in [1.54, 1.807) is 11.3 Å². The van der Waals surface area contributed by atoms with Crippen molar-refractivity contribution in [1.29, 1.82) is 0 Å². The normalized spacial score (nSPS) is 17.2. The second kappa shape index (κ2) is 2.94. The number of aliphatic carboxylic acids is 1. The summed E-state index contributed by atoms with van der Waals surface area (Å²) in [5, 5.41) is 13.2. The highest BCUT2D eigenvalue weighted by atomic mass is 32.1. The predicted octanol–water partition coefficient (Wildman–Crippen LogP) is 2.95. The van der Waals surface area contributed by atoms with Gasteiger partial charge in [0.1, 0.15) is 5.92 Å². The number of carboxylic acid groups (broad SMARTS) is 1. The molecule has 2 nitrogen and oxygen atoms in total. The molecule has 3 heteroatoms. The third kappa shape index (κ3) is 1.07. The molecule has 1 aliphatic rings. The van der Waals surface area contributed by atoms with E-state index in [2.05, 4.69) is 0 Å². The number of benzene rings is 1. The summed E-state index contributed by atoms with van der Waals surface area (Å²) in [7, 11) is 0. The molecule has 0 saturated heterocycles. The van der Waals surface area contributed by atoms with Gasteiger partial charge in [-0.2, -0.15) is 11.3 Å². The molecule has 74 valence electrons. The van der Waals surface area contributed by atoms with E-state index in [0.29, 0.717) is 0 Å². The second-order valence-electron chi connectivity index (χ2n) is 3.60. The van der Waals surface area contributed by atoms with Gasteiger partial charge in [-0.05, 0) is 33.0 Å². The molecule has 1 aliphatic carbocycles. The van der Waals surface area contributed by atoms with Crippen LogP contribution in [0.25, 0.3) is 11.1 Å². The summed E-state index contributed by atoms with van der Waals surface area (Å²) in [6, 6.07) is 7.73. The molecule has 1 aromatic heterocycles. The van der Waals surface area contributed by atoms with Crippen LogP contribution in [0.1, 0.15) is 17.0 Å². The summed E-state index contributed by atoms with van der Waals surface area (Å²) < 4.78 is 0. The maximum absolute atomic E-state index is 11.2. The molecular formula is C12H8O2S. The third-order valence-electron chi connectivity index (χ3n) is 2.81. The largest absolute Gasteiger partial charge is 0.481 e. The SMILES string of the molecule is O=C(O)C1c2ccccc2-c2cscc21. The molecule has 1 heterocycles. The maximum atomic E-state index is 11.2. The van der Waals surface area contributed by atoms with Crippen LogP contribution in [-0.2, 0) is 4.79 Å². The zero-order chi connectivity index (χ0) is 10.4. The van der Waals surface area contributed by atoms with E-state index in [-0.39, 0.29) is 0 Å². The van der Waals surface area contributed by atoms with Gasteiger partial charge in [0, 0.05) is 0 Å². The van der Waals surface area contributed by atoms with Gasteiger partial charge in [-0.25, -0.2) is 0 Å². The lowest BCUT2D eigenvalue weighted by molar-refractivity contribution is -0.137. The van der Waals surface area contributed by atoms with Crippen LogP contribution in [0.15, 0.2) is 35.0 Å². The van der Waals surface area contributed by atoms with E-state index in [1.165, 1.54) is 0 Å². The minimum absolute atomic E-state index is 0.470. The van der Waals surface area contributed by atoms with E-state index in [9.17, 15) is 9.90 Å². The fourth-order valence-corrected chi connectivity index (χ4v) is 3.05. The Labute approximate surface area is 90.8 Å². The highest BCUT2D eigenvalue weighted by Crippen LogP contribution is 2.46.